The zero-order chi connectivity index (χ0) is 8.15. The normalized spacial score (nSPS) is 11.7. The molecule has 4 heteroatoms. The van der Waals surface area contributed by atoms with E-state index < -0.39 is 0 Å². The van der Waals surface area contributed by atoms with Gasteiger partial charge in [0.15, 0.2) is 0 Å². The van der Waals surface area contributed by atoms with Gasteiger partial charge in [0.25, 0.3) is 0 Å². The van der Waals surface area contributed by atoms with Gasteiger partial charge < -0.3 is 12.4 Å². The van der Waals surface area contributed by atoms with E-state index in [1.54, 1.807) is 0 Å². The van der Waals surface area contributed by atoms with Gasteiger partial charge in [-0.15, -0.1) is 0 Å². The molecule has 2 N–H and O–H groups in total. The summed E-state index contributed by atoms with van der Waals surface area (Å²) >= 11 is 5.77. The minimum absolute atomic E-state index is 0. The predicted molar refractivity (Wildman–Crippen MR) is 45.2 cm³/mol. The predicted octanol–water partition coefficient (Wildman–Crippen LogP) is -2.93. The van der Waals surface area contributed by atoms with Crippen LogP contribution in [0.25, 0.3) is 0 Å². The second-order valence-electron chi connectivity index (χ2n) is 2.91. The van der Waals surface area contributed by atoms with Gasteiger partial charge in [0.2, 0.25) is 0 Å². The van der Waals surface area contributed by atoms with Gasteiger partial charge in [-0.1, -0.05) is 0 Å². The lowest BCUT2D eigenvalue weighted by atomic mass is 10.4. The van der Waals surface area contributed by atoms with Crippen molar-refractivity contribution in [3.05, 3.63) is 0 Å². The van der Waals surface area contributed by atoms with Crippen molar-refractivity contribution in [3.8, 4) is 0 Å². The molecular formula is C7H16Cl2N2. The fraction of sp³-hybridized carbons (Fsp3) is 0.857. The van der Waals surface area contributed by atoms with Gasteiger partial charge in [-0.05, 0) is 27.7 Å². The van der Waals surface area contributed by atoms with Crippen molar-refractivity contribution in [3.63, 3.8) is 0 Å². The quantitative estimate of drug-likeness (QED) is 0.278. The Labute approximate surface area is 79.8 Å². The van der Waals surface area contributed by atoms with Crippen LogP contribution in [0.3, 0.4) is 0 Å². The van der Waals surface area contributed by atoms with E-state index in [1.807, 2.05) is 27.7 Å². The van der Waals surface area contributed by atoms with E-state index in [9.17, 15) is 0 Å². The third-order valence-electron chi connectivity index (χ3n) is 0.831. The molecule has 0 saturated heterocycles. The second kappa shape index (κ2) is 6.74. The molecule has 0 aliphatic rings. The first-order chi connectivity index (χ1) is 4.52. The zero-order valence-corrected chi connectivity index (χ0v) is 8.92. The van der Waals surface area contributed by atoms with Crippen molar-refractivity contribution in [1.82, 2.24) is 5.32 Å². The summed E-state index contributed by atoms with van der Waals surface area (Å²) in [5.74, 6) is 0. The first-order valence-corrected chi connectivity index (χ1v) is 3.95. The fourth-order valence-electron chi connectivity index (χ4n) is 0.549. The van der Waals surface area contributed by atoms with Crippen molar-refractivity contribution in [2.45, 2.75) is 39.8 Å². The highest BCUT2D eigenvalue weighted by atomic mass is 35.5. The monoisotopic (exact) mass is 198 g/mol. The SMILES string of the molecule is CC(C)NC(Cl)=[NH+]C(C)C.[Cl-]. The number of hydrogen-bond donors (Lipinski definition) is 2. The molecule has 0 bridgehead atoms. The maximum atomic E-state index is 5.77. The van der Waals surface area contributed by atoms with Gasteiger partial charge >= 0.3 is 5.29 Å². The van der Waals surface area contributed by atoms with Gasteiger partial charge in [0.1, 0.15) is 0 Å². The Balaban J connectivity index is 0. The number of amidine groups is 1. The van der Waals surface area contributed by atoms with Gasteiger partial charge in [-0.2, -0.15) is 0 Å². The smallest absolute Gasteiger partial charge is 0.341 e. The van der Waals surface area contributed by atoms with E-state index in [1.165, 1.54) is 0 Å². The minimum Gasteiger partial charge on any atom is -1.00 e. The lowest BCUT2D eigenvalue weighted by Crippen LogP contribution is -3.00. The van der Waals surface area contributed by atoms with Crippen molar-refractivity contribution in [1.29, 1.82) is 0 Å². The molecule has 0 aliphatic heterocycles. The van der Waals surface area contributed by atoms with Crippen LogP contribution in [0, 0.1) is 0 Å². The van der Waals surface area contributed by atoms with Gasteiger partial charge in [-0.3, -0.25) is 10.3 Å². The molecule has 0 saturated carbocycles. The minimum atomic E-state index is 0. The Bertz CT molecular complexity index is 122. The van der Waals surface area contributed by atoms with Crippen LogP contribution in [0.5, 0.6) is 0 Å². The Morgan fingerprint density at radius 1 is 1.27 bits per heavy atom. The molecule has 0 atom stereocenters. The molecule has 68 valence electrons. The molecule has 0 aliphatic carbocycles. The molecule has 0 unspecified atom stereocenters. The Morgan fingerprint density at radius 3 is 2.00 bits per heavy atom. The van der Waals surface area contributed by atoms with E-state index in [-0.39, 0.29) is 12.4 Å². The van der Waals surface area contributed by atoms with Crippen molar-refractivity contribution >= 4 is 16.9 Å². The van der Waals surface area contributed by atoms with E-state index in [4.69, 9.17) is 11.6 Å². The molecule has 2 nitrogen and oxygen atoms in total. The van der Waals surface area contributed by atoms with Crippen LogP contribution < -0.4 is 22.7 Å². The topological polar surface area (TPSA) is 26.0 Å². The summed E-state index contributed by atoms with van der Waals surface area (Å²) in [6.45, 7) is 8.18. The molecule has 0 heterocycles. The molecule has 0 aromatic carbocycles. The number of nitrogens with one attached hydrogen (secondary N) is 2. The maximum Gasteiger partial charge on any atom is 0.341 e. The van der Waals surface area contributed by atoms with Crippen LogP contribution in [0.15, 0.2) is 0 Å². The molecule has 0 spiro atoms. The third-order valence-corrected chi connectivity index (χ3v) is 1.05. The molecule has 0 amide bonds. The van der Waals surface area contributed by atoms with Gasteiger partial charge in [-0.25, -0.2) is 0 Å². The van der Waals surface area contributed by atoms with Gasteiger partial charge in [0.05, 0.1) is 12.1 Å². The van der Waals surface area contributed by atoms with E-state index >= 15 is 0 Å². The fourth-order valence-corrected chi connectivity index (χ4v) is 0.985. The summed E-state index contributed by atoms with van der Waals surface area (Å²) in [4.78, 5) is 3.05. The summed E-state index contributed by atoms with van der Waals surface area (Å²) in [5.41, 5.74) is 0. The third kappa shape index (κ3) is 10.1. The molecule has 0 aromatic heterocycles. The molecule has 0 rings (SSSR count). The highest BCUT2D eigenvalue weighted by Crippen LogP contribution is 1.77. The standard InChI is InChI=1S/C7H15ClN2.ClH/c1-5(2)9-7(8)10-6(3)4;/h5-6H,1-4H3,(H,9,10);1H. The van der Waals surface area contributed by atoms with Crippen LogP contribution in [0.4, 0.5) is 0 Å². The van der Waals surface area contributed by atoms with Crippen LogP contribution in [0.2, 0.25) is 0 Å². The Kier molecular flexibility index (Phi) is 8.35. The average Bonchev–Trinajstić information content (AvgIpc) is 1.58. The highest BCUT2D eigenvalue weighted by Gasteiger charge is 2.03. The lowest BCUT2D eigenvalue weighted by Gasteiger charge is -2.00. The highest BCUT2D eigenvalue weighted by molar-refractivity contribution is 6.62. The van der Waals surface area contributed by atoms with Crippen molar-refractivity contribution in [2.75, 3.05) is 0 Å². The zero-order valence-electron chi connectivity index (χ0n) is 7.41. The summed E-state index contributed by atoms with van der Waals surface area (Å²) in [7, 11) is 0. The number of hydrogen-bond acceptors (Lipinski definition) is 0. The van der Waals surface area contributed by atoms with E-state index in [0.717, 1.165) is 0 Å². The first-order valence-electron chi connectivity index (χ1n) is 3.58. The van der Waals surface area contributed by atoms with Crippen LogP contribution in [0.1, 0.15) is 27.7 Å². The van der Waals surface area contributed by atoms with Gasteiger partial charge in [0, 0.05) is 11.6 Å². The van der Waals surface area contributed by atoms with E-state index in [2.05, 4.69) is 10.3 Å². The molecule has 0 aromatic rings. The van der Waals surface area contributed by atoms with Crippen molar-refractivity contribution in [2.24, 2.45) is 0 Å². The number of halogens is 2. The second-order valence-corrected chi connectivity index (χ2v) is 3.29. The number of rotatable bonds is 2. The maximum absolute atomic E-state index is 5.77. The summed E-state index contributed by atoms with van der Waals surface area (Å²) < 4.78 is 0. The summed E-state index contributed by atoms with van der Waals surface area (Å²) in [6, 6.07) is 0.775. The Morgan fingerprint density at radius 2 is 1.73 bits per heavy atom. The van der Waals surface area contributed by atoms with Crippen LogP contribution in [-0.4, -0.2) is 17.4 Å². The van der Waals surface area contributed by atoms with E-state index in [0.29, 0.717) is 17.4 Å². The molecule has 0 fully saturated rings. The summed E-state index contributed by atoms with van der Waals surface area (Å²) in [5, 5.41) is 3.67. The average molecular weight is 199 g/mol. The van der Waals surface area contributed by atoms with Crippen LogP contribution in [-0.2, 0) is 0 Å². The lowest BCUT2D eigenvalue weighted by molar-refractivity contribution is -0.493. The van der Waals surface area contributed by atoms with Crippen molar-refractivity contribution < 1.29 is 17.4 Å². The molecule has 11 heavy (non-hydrogen) atoms. The first kappa shape index (κ1) is 13.6. The summed E-state index contributed by atoms with van der Waals surface area (Å²) in [6.07, 6.45) is 0. The molecular weight excluding hydrogens is 183 g/mol. The Hall–Kier alpha value is 0.0500. The largest absolute Gasteiger partial charge is 1.00 e. The molecule has 0 radical (unpaired) electrons. The van der Waals surface area contributed by atoms with Crippen LogP contribution >= 0.6 is 11.6 Å².